The third kappa shape index (κ3) is 4.14. The van der Waals surface area contributed by atoms with Crippen LogP contribution in [0.2, 0.25) is 0 Å². The molecular weight excluding hydrogens is 406 g/mol. The lowest BCUT2D eigenvalue weighted by Gasteiger charge is -2.36. The highest BCUT2D eigenvalue weighted by molar-refractivity contribution is 7.91. The number of aromatic nitrogens is 2. The molecule has 0 bridgehead atoms. The van der Waals surface area contributed by atoms with Crippen LogP contribution in [0.3, 0.4) is 0 Å². The van der Waals surface area contributed by atoms with Crippen LogP contribution in [0, 0.1) is 0 Å². The van der Waals surface area contributed by atoms with Crippen LogP contribution < -0.4 is 15.8 Å². The summed E-state index contributed by atoms with van der Waals surface area (Å²) in [6.07, 6.45) is 2.07. The fourth-order valence-corrected chi connectivity index (χ4v) is 5.70. The van der Waals surface area contributed by atoms with Gasteiger partial charge in [-0.25, -0.2) is 18.2 Å². The molecule has 0 radical (unpaired) electrons. The fourth-order valence-electron chi connectivity index (χ4n) is 4.03. The normalized spacial score (nSPS) is 21.4. The van der Waals surface area contributed by atoms with Crippen molar-refractivity contribution in [1.82, 2.24) is 19.8 Å². The average molecular weight is 434 g/mol. The van der Waals surface area contributed by atoms with Crippen molar-refractivity contribution < 1.29 is 13.2 Å². The number of carbonyl (C=O) groups is 1. The summed E-state index contributed by atoms with van der Waals surface area (Å²) >= 11 is 0. The number of carbonyl (C=O) groups excluding carboxylic acids is 1. The molecular formula is C20H27N5O4S. The number of nitrogens with one attached hydrogen (secondary N) is 1. The van der Waals surface area contributed by atoms with E-state index in [1.807, 2.05) is 32.0 Å². The standard InChI is InChI=1S/C20H27N5O4S/c1-14(2)25-13-21-18-11-16(3-4-17(18)19(25)26)23-6-8-24(9-7-23)20(27)22-15-5-10-30(28,29)12-15/h3-4,11,13-15H,5-10,12H2,1-2H3,(H,22,27). The van der Waals surface area contributed by atoms with E-state index in [1.54, 1.807) is 15.8 Å². The largest absolute Gasteiger partial charge is 0.368 e. The minimum atomic E-state index is -3.02. The lowest BCUT2D eigenvalue weighted by Crippen LogP contribution is -2.53. The third-order valence-electron chi connectivity index (χ3n) is 5.82. The van der Waals surface area contributed by atoms with E-state index in [-0.39, 0.29) is 35.2 Å². The van der Waals surface area contributed by atoms with Crippen molar-refractivity contribution in [1.29, 1.82) is 0 Å². The number of hydrogen-bond donors (Lipinski definition) is 1. The Kier molecular flexibility index (Phi) is 5.44. The van der Waals surface area contributed by atoms with Crippen molar-refractivity contribution in [3.63, 3.8) is 0 Å². The van der Waals surface area contributed by atoms with Gasteiger partial charge in [0.2, 0.25) is 0 Å². The van der Waals surface area contributed by atoms with E-state index in [1.165, 1.54) is 0 Å². The van der Waals surface area contributed by atoms with Gasteiger partial charge >= 0.3 is 6.03 Å². The number of rotatable bonds is 3. The molecule has 30 heavy (non-hydrogen) atoms. The summed E-state index contributed by atoms with van der Waals surface area (Å²) in [7, 11) is -3.02. The number of sulfone groups is 1. The first-order chi connectivity index (χ1) is 14.2. The van der Waals surface area contributed by atoms with Crippen LogP contribution in [0.15, 0.2) is 29.3 Å². The van der Waals surface area contributed by atoms with Gasteiger partial charge in [0.25, 0.3) is 5.56 Å². The van der Waals surface area contributed by atoms with Gasteiger partial charge in [-0.2, -0.15) is 0 Å². The molecule has 0 spiro atoms. The van der Waals surface area contributed by atoms with Crippen LogP contribution in [0.4, 0.5) is 10.5 Å². The summed E-state index contributed by atoms with van der Waals surface area (Å²) < 4.78 is 24.8. The van der Waals surface area contributed by atoms with Gasteiger partial charge in [-0.1, -0.05) is 0 Å². The first-order valence-electron chi connectivity index (χ1n) is 10.3. The van der Waals surface area contributed by atoms with E-state index in [4.69, 9.17) is 0 Å². The van der Waals surface area contributed by atoms with Gasteiger partial charge in [-0.15, -0.1) is 0 Å². The maximum atomic E-state index is 12.6. The van der Waals surface area contributed by atoms with Crippen LogP contribution in [-0.2, 0) is 9.84 Å². The lowest BCUT2D eigenvalue weighted by atomic mass is 10.2. The van der Waals surface area contributed by atoms with Gasteiger partial charge < -0.3 is 15.1 Å². The predicted octanol–water partition coefficient (Wildman–Crippen LogP) is 0.996. The van der Waals surface area contributed by atoms with E-state index < -0.39 is 9.84 Å². The van der Waals surface area contributed by atoms with E-state index in [2.05, 4.69) is 15.2 Å². The molecule has 2 aromatic rings. The number of nitrogens with zero attached hydrogens (tertiary/aromatic N) is 4. The molecule has 2 fully saturated rings. The van der Waals surface area contributed by atoms with Crippen LogP contribution in [0.25, 0.3) is 10.9 Å². The van der Waals surface area contributed by atoms with Crippen molar-refractivity contribution in [3.8, 4) is 0 Å². The maximum absolute atomic E-state index is 12.6. The summed E-state index contributed by atoms with van der Waals surface area (Å²) in [5.74, 6) is 0.172. The van der Waals surface area contributed by atoms with Gasteiger partial charge in [0.15, 0.2) is 9.84 Å². The molecule has 2 aliphatic rings. The Labute approximate surface area is 175 Å². The number of amides is 2. The lowest BCUT2D eigenvalue weighted by molar-refractivity contribution is 0.191. The number of piperazine rings is 1. The molecule has 1 N–H and O–H groups in total. The zero-order chi connectivity index (χ0) is 21.5. The molecule has 9 nitrogen and oxygen atoms in total. The molecule has 0 saturated carbocycles. The van der Waals surface area contributed by atoms with Crippen LogP contribution in [0.5, 0.6) is 0 Å². The van der Waals surface area contributed by atoms with Crippen molar-refractivity contribution >= 4 is 32.5 Å². The molecule has 10 heteroatoms. The minimum absolute atomic E-state index is 0.0291. The maximum Gasteiger partial charge on any atom is 0.317 e. The van der Waals surface area contributed by atoms with E-state index in [9.17, 15) is 18.0 Å². The number of benzene rings is 1. The first kappa shape index (κ1) is 20.6. The Hall–Kier alpha value is -2.62. The molecule has 162 valence electrons. The Morgan fingerprint density at radius 2 is 1.93 bits per heavy atom. The fraction of sp³-hybridized carbons (Fsp3) is 0.550. The second-order valence-electron chi connectivity index (χ2n) is 8.28. The highest BCUT2D eigenvalue weighted by atomic mass is 32.2. The smallest absolute Gasteiger partial charge is 0.317 e. The molecule has 1 aromatic carbocycles. The summed E-state index contributed by atoms with van der Waals surface area (Å²) in [5, 5.41) is 3.44. The Bertz CT molecular complexity index is 1120. The monoisotopic (exact) mass is 433 g/mol. The van der Waals surface area contributed by atoms with Crippen molar-refractivity contribution in [2.24, 2.45) is 0 Å². The molecule has 2 aliphatic heterocycles. The summed E-state index contributed by atoms with van der Waals surface area (Å²) in [4.78, 5) is 33.4. The quantitative estimate of drug-likeness (QED) is 0.774. The van der Waals surface area contributed by atoms with E-state index >= 15 is 0 Å². The van der Waals surface area contributed by atoms with E-state index in [0.717, 1.165) is 5.69 Å². The van der Waals surface area contributed by atoms with Crippen molar-refractivity contribution in [2.75, 3.05) is 42.6 Å². The highest BCUT2D eigenvalue weighted by Gasteiger charge is 2.31. The topological polar surface area (TPSA) is 105 Å². The molecule has 2 saturated heterocycles. The number of fused-ring (bicyclic) bond motifs is 1. The zero-order valence-electron chi connectivity index (χ0n) is 17.2. The number of urea groups is 1. The predicted molar refractivity (Wildman–Crippen MR) is 116 cm³/mol. The van der Waals surface area contributed by atoms with Crippen molar-refractivity contribution in [3.05, 3.63) is 34.9 Å². The Morgan fingerprint density at radius 1 is 1.20 bits per heavy atom. The second-order valence-corrected chi connectivity index (χ2v) is 10.5. The highest BCUT2D eigenvalue weighted by Crippen LogP contribution is 2.21. The summed E-state index contributed by atoms with van der Waals surface area (Å²) in [6, 6.07) is 5.22. The first-order valence-corrected chi connectivity index (χ1v) is 12.1. The molecule has 1 aromatic heterocycles. The SMILES string of the molecule is CC(C)n1cnc2cc(N3CCN(C(=O)NC4CCS(=O)(=O)C4)CC3)ccc2c1=O. The molecule has 1 unspecified atom stereocenters. The zero-order valence-corrected chi connectivity index (χ0v) is 18.1. The molecule has 3 heterocycles. The number of hydrogen-bond acceptors (Lipinski definition) is 6. The van der Waals surface area contributed by atoms with E-state index in [0.29, 0.717) is 43.5 Å². The number of anilines is 1. The van der Waals surface area contributed by atoms with Crippen LogP contribution >= 0.6 is 0 Å². The summed E-state index contributed by atoms with van der Waals surface area (Å²) in [5.41, 5.74) is 1.59. The second kappa shape index (κ2) is 7.90. The van der Waals surface area contributed by atoms with Gasteiger partial charge in [-0.3, -0.25) is 9.36 Å². The molecule has 1 atom stereocenters. The van der Waals surface area contributed by atoms with Gasteiger partial charge in [0, 0.05) is 44.0 Å². The Morgan fingerprint density at radius 3 is 2.57 bits per heavy atom. The summed E-state index contributed by atoms with van der Waals surface area (Å²) in [6.45, 7) is 6.31. The Balaban J connectivity index is 1.40. The molecule has 0 aliphatic carbocycles. The average Bonchev–Trinajstić information content (AvgIpc) is 3.06. The molecule has 4 rings (SSSR count). The molecule has 2 amide bonds. The minimum Gasteiger partial charge on any atom is -0.368 e. The van der Waals surface area contributed by atoms with Gasteiger partial charge in [-0.05, 0) is 38.5 Å². The van der Waals surface area contributed by atoms with Crippen LogP contribution in [0.1, 0.15) is 26.3 Å². The van der Waals surface area contributed by atoms with Gasteiger partial charge in [0.1, 0.15) is 0 Å². The third-order valence-corrected chi connectivity index (χ3v) is 7.58. The van der Waals surface area contributed by atoms with Crippen molar-refractivity contribution in [2.45, 2.75) is 32.4 Å². The van der Waals surface area contributed by atoms with Crippen LogP contribution in [-0.4, -0.2) is 72.6 Å². The van der Waals surface area contributed by atoms with Gasteiger partial charge in [0.05, 0.1) is 28.7 Å².